The van der Waals surface area contributed by atoms with Gasteiger partial charge in [0.2, 0.25) is 0 Å². The lowest BCUT2D eigenvalue weighted by molar-refractivity contribution is -0.213. The third kappa shape index (κ3) is 2.46. The van der Waals surface area contributed by atoms with Crippen LogP contribution in [-0.2, 0) is 4.79 Å². The molecule has 0 saturated heterocycles. The number of hydrogen-bond acceptors (Lipinski definition) is 5. The predicted molar refractivity (Wildman–Crippen MR) is 107 cm³/mol. The average molecular weight is 398 g/mol. The van der Waals surface area contributed by atoms with Crippen LogP contribution in [0.15, 0.2) is 39.3 Å². The Kier molecular flexibility index (Phi) is 4.08. The van der Waals surface area contributed by atoms with Gasteiger partial charge in [-0.2, -0.15) is 0 Å². The molecule has 0 spiro atoms. The molecule has 0 aromatic carbocycles. The molecule has 0 radical (unpaired) electrons. The number of carbonyl (C=O) groups excluding carboxylic acids is 1. The smallest absolute Gasteiger partial charge is 0.335 e. The summed E-state index contributed by atoms with van der Waals surface area (Å²) in [4.78, 5) is 23.4. The van der Waals surface area contributed by atoms with E-state index in [0.29, 0.717) is 19.3 Å². The number of carbonyl (C=O) groups is 1. The molecule has 4 aliphatic carbocycles. The molecule has 5 nitrogen and oxygen atoms in total. The first-order valence-electron chi connectivity index (χ1n) is 10.9. The van der Waals surface area contributed by atoms with Crippen LogP contribution < -0.4 is 5.63 Å². The number of aliphatic hydroxyl groups is 2. The van der Waals surface area contributed by atoms with Gasteiger partial charge in [0.25, 0.3) is 0 Å². The zero-order valence-electron chi connectivity index (χ0n) is 17.2. The highest BCUT2D eigenvalue weighted by molar-refractivity contribution is 5.91. The highest BCUT2D eigenvalue weighted by Gasteiger charge is 2.69. The molecule has 0 aliphatic heterocycles. The summed E-state index contributed by atoms with van der Waals surface area (Å²) in [5.41, 5.74) is 0.163. The maximum atomic E-state index is 12.1. The molecule has 1 aromatic rings. The molecule has 0 unspecified atom stereocenters. The first-order chi connectivity index (χ1) is 13.7. The number of fused-ring (bicyclic) bond motifs is 5. The van der Waals surface area contributed by atoms with E-state index >= 15 is 0 Å². The first-order valence-corrected chi connectivity index (χ1v) is 10.9. The topological polar surface area (TPSA) is 87.7 Å². The molecule has 2 N–H and O–H groups in total. The third-order valence-electron chi connectivity index (χ3n) is 9.21. The number of aliphatic hydroxyl groups excluding tert-OH is 1. The molecule has 1 aromatic heterocycles. The summed E-state index contributed by atoms with van der Waals surface area (Å²) in [5.74, 6) is 0.217. The Morgan fingerprint density at radius 3 is 2.62 bits per heavy atom. The highest BCUT2D eigenvalue weighted by atomic mass is 16.4. The van der Waals surface area contributed by atoms with Crippen molar-refractivity contribution in [1.29, 1.82) is 0 Å². The van der Waals surface area contributed by atoms with Gasteiger partial charge in [0.05, 0.1) is 18.0 Å². The molecule has 3 saturated carbocycles. The van der Waals surface area contributed by atoms with Crippen molar-refractivity contribution >= 4 is 5.78 Å². The van der Waals surface area contributed by atoms with Crippen LogP contribution in [0.3, 0.4) is 0 Å². The summed E-state index contributed by atoms with van der Waals surface area (Å²) in [7, 11) is 0. The maximum absolute atomic E-state index is 12.1. The fraction of sp³-hybridized carbons (Fsp3) is 0.667. The lowest BCUT2D eigenvalue weighted by Gasteiger charge is -2.63. The SMILES string of the molecule is C[C@]12CCC(=O)C=C1CC[C@@H]1[C@@H]2[C@H](O)C[C@]2(C)[C@@H](c3ccc(=O)oc3)CC[C@]12O. The van der Waals surface area contributed by atoms with Gasteiger partial charge in [-0.05, 0) is 79.4 Å². The Labute approximate surface area is 170 Å². The van der Waals surface area contributed by atoms with Crippen molar-refractivity contribution in [2.75, 3.05) is 0 Å². The summed E-state index contributed by atoms with van der Waals surface area (Å²) in [6.07, 6.45) is 7.75. The minimum Gasteiger partial charge on any atom is -0.431 e. The largest absolute Gasteiger partial charge is 0.431 e. The number of rotatable bonds is 1. The fourth-order valence-corrected chi connectivity index (χ4v) is 7.74. The lowest BCUT2D eigenvalue weighted by atomic mass is 9.44. The molecule has 1 heterocycles. The number of ketones is 1. The Bertz CT molecular complexity index is 926. The van der Waals surface area contributed by atoms with E-state index in [0.717, 1.165) is 31.2 Å². The van der Waals surface area contributed by atoms with Crippen molar-refractivity contribution in [3.05, 3.63) is 46.0 Å². The zero-order chi connectivity index (χ0) is 20.6. The molecule has 4 aliphatic rings. The molecule has 0 amide bonds. The van der Waals surface area contributed by atoms with Crippen molar-refractivity contribution in [2.24, 2.45) is 22.7 Å². The minimum absolute atomic E-state index is 0.00678. The quantitative estimate of drug-likeness (QED) is 0.758. The van der Waals surface area contributed by atoms with E-state index in [1.54, 1.807) is 0 Å². The second-order valence-corrected chi connectivity index (χ2v) is 10.3. The highest BCUT2D eigenvalue weighted by Crippen LogP contribution is 2.69. The maximum Gasteiger partial charge on any atom is 0.335 e. The van der Waals surface area contributed by atoms with Gasteiger partial charge < -0.3 is 14.6 Å². The zero-order valence-corrected chi connectivity index (χ0v) is 17.2. The third-order valence-corrected chi connectivity index (χ3v) is 9.21. The van der Waals surface area contributed by atoms with Crippen molar-refractivity contribution in [3.8, 4) is 0 Å². The van der Waals surface area contributed by atoms with E-state index in [1.165, 1.54) is 17.9 Å². The molecule has 5 heteroatoms. The van der Waals surface area contributed by atoms with Crippen LogP contribution in [0, 0.1) is 22.7 Å². The molecular weight excluding hydrogens is 368 g/mol. The summed E-state index contributed by atoms with van der Waals surface area (Å²) < 4.78 is 5.12. The average Bonchev–Trinajstić information content (AvgIpc) is 2.94. The van der Waals surface area contributed by atoms with E-state index in [2.05, 4.69) is 13.8 Å². The molecule has 3 fully saturated rings. The van der Waals surface area contributed by atoms with Gasteiger partial charge in [0.1, 0.15) is 0 Å². The van der Waals surface area contributed by atoms with Crippen LogP contribution in [0.4, 0.5) is 0 Å². The van der Waals surface area contributed by atoms with Gasteiger partial charge in [-0.3, -0.25) is 4.79 Å². The van der Waals surface area contributed by atoms with Gasteiger partial charge >= 0.3 is 5.63 Å². The normalized spacial score (nSPS) is 46.5. The number of hydrogen-bond donors (Lipinski definition) is 2. The van der Waals surface area contributed by atoms with Gasteiger partial charge in [-0.15, -0.1) is 0 Å². The lowest BCUT2D eigenvalue weighted by Crippen LogP contribution is -2.64. The van der Waals surface area contributed by atoms with Gasteiger partial charge in [0.15, 0.2) is 5.78 Å². The van der Waals surface area contributed by atoms with E-state index in [-0.39, 0.29) is 34.6 Å². The Morgan fingerprint density at radius 1 is 1.10 bits per heavy atom. The van der Waals surface area contributed by atoms with Gasteiger partial charge in [0, 0.05) is 17.9 Å². The molecule has 156 valence electrons. The Balaban J connectivity index is 1.56. The van der Waals surface area contributed by atoms with E-state index < -0.39 is 17.1 Å². The predicted octanol–water partition coefficient (Wildman–Crippen LogP) is 3.34. The van der Waals surface area contributed by atoms with E-state index in [9.17, 15) is 19.8 Å². The van der Waals surface area contributed by atoms with Gasteiger partial charge in [-0.1, -0.05) is 19.4 Å². The van der Waals surface area contributed by atoms with Crippen molar-refractivity contribution in [3.63, 3.8) is 0 Å². The molecule has 29 heavy (non-hydrogen) atoms. The van der Waals surface area contributed by atoms with Crippen LogP contribution in [0.2, 0.25) is 0 Å². The van der Waals surface area contributed by atoms with Crippen LogP contribution in [0.5, 0.6) is 0 Å². The molecule has 7 atom stereocenters. The van der Waals surface area contributed by atoms with E-state index in [1.807, 2.05) is 12.1 Å². The Morgan fingerprint density at radius 2 is 1.90 bits per heavy atom. The van der Waals surface area contributed by atoms with Gasteiger partial charge in [-0.25, -0.2) is 4.79 Å². The van der Waals surface area contributed by atoms with Crippen LogP contribution >= 0.6 is 0 Å². The first kappa shape index (κ1) is 19.3. The van der Waals surface area contributed by atoms with Crippen LogP contribution in [-0.4, -0.2) is 27.7 Å². The van der Waals surface area contributed by atoms with Crippen molar-refractivity contribution in [2.45, 2.75) is 76.4 Å². The monoisotopic (exact) mass is 398 g/mol. The summed E-state index contributed by atoms with van der Waals surface area (Å²) in [6, 6.07) is 3.25. The van der Waals surface area contributed by atoms with Crippen molar-refractivity contribution in [1.82, 2.24) is 0 Å². The van der Waals surface area contributed by atoms with Crippen molar-refractivity contribution < 1.29 is 19.4 Å². The summed E-state index contributed by atoms with van der Waals surface area (Å²) in [6.45, 7) is 4.29. The molecule has 5 rings (SSSR count). The second kappa shape index (κ2) is 6.14. The van der Waals surface area contributed by atoms with Crippen LogP contribution in [0.25, 0.3) is 0 Å². The number of allylic oxidation sites excluding steroid dienone is 1. The Hall–Kier alpha value is -1.72. The molecular formula is C24H30O5. The molecule has 0 bridgehead atoms. The van der Waals surface area contributed by atoms with E-state index in [4.69, 9.17) is 4.42 Å². The second-order valence-electron chi connectivity index (χ2n) is 10.3. The summed E-state index contributed by atoms with van der Waals surface area (Å²) >= 11 is 0. The fourth-order valence-electron chi connectivity index (χ4n) is 7.74. The standard InChI is InChI=1S/C24H30O5/c1-22-9-7-16(25)11-15(22)4-5-18-21(22)19(26)12-23(2)17(8-10-24(18,23)28)14-3-6-20(27)29-13-14/h3,6,11,13,17-19,21,26,28H,4-5,7-10,12H2,1-2H3/t17-,18-,19-,21-,22+,23-,24+/m1/s1. The minimum atomic E-state index is -0.867. The summed E-state index contributed by atoms with van der Waals surface area (Å²) in [5, 5.41) is 23.5. The van der Waals surface area contributed by atoms with Crippen LogP contribution in [0.1, 0.15) is 70.3 Å².